The molecular weight excluding hydrogens is 372 g/mol. The lowest BCUT2D eigenvalue weighted by Gasteiger charge is -2.07. The molecule has 0 radical (unpaired) electrons. The summed E-state index contributed by atoms with van der Waals surface area (Å²) < 4.78 is 5.97. The van der Waals surface area contributed by atoms with Crippen LogP contribution in [-0.2, 0) is 0 Å². The van der Waals surface area contributed by atoms with Gasteiger partial charge in [-0.2, -0.15) is 0 Å². The number of anilines is 2. The third-order valence-corrected chi connectivity index (χ3v) is 3.78. The van der Waals surface area contributed by atoms with Crippen molar-refractivity contribution in [2.45, 2.75) is 0 Å². The molecule has 0 aliphatic carbocycles. The van der Waals surface area contributed by atoms with Crippen LogP contribution in [-0.4, -0.2) is 11.8 Å². The third kappa shape index (κ3) is 3.91. The number of hydrogen-bond acceptors (Lipinski definition) is 3. The molecule has 0 aliphatic heterocycles. The molecule has 0 atom stereocenters. The van der Waals surface area contributed by atoms with Crippen LogP contribution in [0.15, 0.2) is 75.8 Å². The highest BCUT2D eigenvalue weighted by Crippen LogP contribution is 2.16. The summed E-state index contributed by atoms with van der Waals surface area (Å²) in [4.78, 5) is 24.1. The van der Waals surface area contributed by atoms with Gasteiger partial charge in [0.2, 0.25) is 0 Å². The van der Waals surface area contributed by atoms with Crippen LogP contribution < -0.4 is 10.6 Å². The molecule has 0 bridgehead atoms. The second kappa shape index (κ2) is 7.14. The zero-order valence-electron chi connectivity index (χ0n) is 12.5. The van der Waals surface area contributed by atoms with Crippen LogP contribution >= 0.6 is 15.9 Å². The minimum atomic E-state index is -0.341. The summed E-state index contributed by atoms with van der Waals surface area (Å²) in [5, 5.41) is 5.50. The fraction of sp³-hybridized carbons (Fsp3) is 0. The molecule has 3 aromatic rings. The summed E-state index contributed by atoms with van der Waals surface area (Å²) >= 11 is 3.34. The number of rotatable bonds is 4. The van der Waals surface area contributed by atoms with Gasteiger partial charge >= 0.3 is 0 Å². The Hall–Kier alpha value is -2.86. The van der Waals surface area contributed by atoms with E-state index in [1.54, 1.807) is 48.5 Å². The monoisotopic (exact) mass is 384 g/mol. The average molecular weight is 385 g/mol. The van der Waals surface area contributed by atoms with E-state index < -0.39 is 0 Å². The first kappa shape index (κ1) is 16.0. The van der Waals surface area contributed by atoms with Crippen molar-refractivity contribution in [2.75, 3.05) is 10.6 Å². The van der Waals surface area contributed by atoms with Crippen LogP contribution in [0.5, 0.6) is 0 Å². The topological polar surface area (TPSA) is 71.3 Å². The summed E-state index contributed by atoms with van der Waals surface area (Å²) in [5.74, 6) is -0.333. The van der Waals surface area contributed by atoms with Gasteiger partial charge in [-0.1, -0.05) is 15.9 Å². The molecule has 1 heterocycles. The molecule has 0 unspecified atom stereocenters. The molecule has 3 rings (SSSR count). The van der Waals surface area contributed by atoms with E-state index in [9.17, 15) is 9.59 Å². The highest BCUT2D eigenvalue weighted by molar-refractivity contribution is 9.10. The Morgan fingerprint density at radius 1 is 0.792 bits per heavy atom. The van der Waals surface area contributed by atoms with Gasteiger partial charge in [0.1, 0.15) is 0 Å². The summed E-state index contributed by atoms with van der Waals surface area (Å²) in [6.07, 6.45) is 1.43. The van der Waals surface area contributed by atoms with E-state index in [1.165, 1.54) is 6.26 Å². The summed E-state index contributed by atoms with van der Waals surface area (Å²) in [6.45, 7) is 0. The van der Waals surface area contributed by atoms with Crippen molar-refractivity contribution in [3.05, 3.63) is 82.7 Å². The average Bonchev–Trinajstić information content (AvgIpc) is 3.12. The maximum Gasteiger partial charge on any atom is 0.291 e. The molecule has 0 spiro atoms. The zero-order chi connectivity index (χ0) is 16.9. The van der Waals surface area contributed by atoms with E-state index in [-0.39, 0.29) is 17.6 Å². The van der Waals surface area contributed by atoms with Gasteiger partial charge in [0.05, 0.1) is 6.26 Å². The zero-order valence-corrected chi connectivity index (χ0v) is 14.0. The van der Waals surface area contributed by atoms with Crippen LogP contribution in [0.2, 0.25) is 0 Å². The molecule has 5 nitrogen and oxygen atoms in total. The number of benzene rings is 2. The Morgan fingerprint density at radius 3 is 1.96 bits per heavy atom. The van der Waals surface area contributed by atoms with E-state index in [0.717, 1.165) is 4.47 Å². The smallest absolute Gasteiger partial charge is 0.291 e. The number of amides is 2. The molecular formula is C18H13BrN2O3. The van der Waals surface area contributed by atoms with Crippen molar-refractivity contribution >= 4 is 39.1 Å². The SMILES string of the molecule is O=C(Nc1ccc(Br)cc1)c1ccc(NC(=O)c2ccco2)cc1. The minimum Gasteiger partial charge on any atom is -0.459 e. The lowest BCUT2D eigenvalue weighted by Crippen LogP contribution is -2.13. The van der Waals surface area contributed by atoms with Crippen molar-refractivity contribution in [1.29, 1.82) is 0 Å². The number of carbonyl (C=O) groups excluding carboxylic acids is 2. The van der Waals surface area contributed by atoms with Gasteiger partial charge in [0.15, 0.2) is 5.76 Å². The van der Waals surface area contributed by atoms with Crippen LogP contribution in [0.25, 0.3) is 0 Å². The molecule has 0 fully saturated rings. The molecule has 6 heteroatoms. The maximum atomic E-state index is 12.2. The normalized spacial score (nSPS) is 10.2. The molecule has 24 heavy (non-hydrogen) atoms. The van der Waals surface area contributed by atoms with Crippen LogP contribution in [0.3, 0.4) is 0 Å². The number of carbonyl (C=O) groups is 2. The number of hydrogen-bond donors (Lipinski definition) is 2. The van der Waals surface area contributed by atoms with Gasteiger partial charge in [0, 0.05) is 21.4 Å². The predicted octanol–water partition coefficient (Wildman–Crippen LogP) is 4.55. The fourth-order valence-electron chi connectivity index (χ4n) is 2.04. The molecule has 0 aliphatic rings. The van der Waals surface area contributed by atoms with Crippen molar-refractivity contribution in [3.8, 4) is 0 Å². The number of halogens is 1. The van der Waals surface area contributed by atoms with Crippen molar-refractivity contribution < 1.29 is 14.0 Å². The van der Waals surface area contributed by atoms with E-state index in [0.29, 0.717) is 16.9 Å². The molecule has 2 amide bonds. The lowest BCUT2D eigenvalue weighted by molar-refractivity contribution is 0.0995. The Bertz CT molecular complexity index is 841. The largest absolute Gasteiger partial charge is 0.459 e. The second-order valence-corrected chi connectivity index (χ2v) is 5.89. The highest BCUT2D eigenvalue weighted by Gasteiger charge is 2.10. The van der Waals surface area contributed by atoms with Gasteiger partial charge in [-0.15, -0.1) is 0 Å². The highest BCUT2D eigenvalue weighted by atomic mass is 79.9. The molecule has 0 saturated heterocycles. The van der Waals surface area contributed by atoms with E-state index in [1.807, 2.05) is 12.1 Å². The van der Waals surface area contributed by atoms with Crippen molar-refractivity contribution in [3.63, 3.8) is 0 Å². The van der Waals surface area contributed by atoms with E-state index in [4.69, 9.17) is 4.42 Å². The second-order valence-electron chi connectivity index (χ2n) is 4.97. The van der Waals surface area contributed by atoms with Gasteiger partial charge in [0.25, 0.3) is 11.8 Å². The standard InChI is InChI=1S/C18H13BrN2O3/c19-13-5-9-15(10-6-13)20-17(22)12-3-7-14(8-4-12)21-18(23)16-2-1-11-24-16/h1-11H,(H,20,22)(H,21,23). The first-order valence-corrected chi connectivity index (χ1v) is 7.93. The third-order valence-electron chi connectivity index (χ3n) is 3.25. The van der Waals surface area contributed by atoms with Crippen LogP contribution in [0.1, 0.15) is 20.9 Å². The van der Waals surface area contributed by atoms with Gasteiger partial charge in [-0.05, 0) is 60.7 Å². The van der Waals surface area contributed by atoms with Crippen LogP contribution in [0, 0.1) is 0 Å². The molecule has 1 aromatic heterocycles. The Balaban J connectivity index is 1.64. The van der Waals surface area contributed by atoms with Crippen molar-refractivity contribution in [1.82, 2.24) is 0 Å². The Kier molecular flexibility index (Phi) is 4.77. The summed E-state index contributed by atoms with van der Waals surface area (Å²) in [6, 6.07) is 17.2. The maximum absolute atomic E-state index is 12.2. The van der Waals surface area contributed by atoms with Gasteiger partial charge < -0.3 is 15.1 Å². The molecule has 2 N–H and O–H groups in total. The Labute approximate surface area is 146 Å². The van der Waals surface area contributed by atoms with Crippen molar-refractivity contribution in [2.24, 2.45) is 0 Å². The van der Waals surface area contributed by atoms with E-state index >= 15 is 0 Å². The van der Waals surface area contributed by atoms with Crippen LogP contribution in [0.4, 0.5) is 11.4 Å². The van der Waals surface area contributed by atoms with E-state index in [2.05, 4.69) is 26.6 Å². The fourth-order valence-corrected chi connectivity index (χ4v) is 2.31. The molecule has 2 aromatic carbocycles. The van der Waals surface area contributed by atoms with Gasteiger partial charge in [-0.25, -0.2) is 0 Å². The molecule has 0 saturated carbocycles. The summed E-state index contributed by atoms with van der Waals surface area (Å²) in [7, 11) is 0. The van der Waals surface area contributed by atoms with Gasteiger partial charge in [-0.3, -0.25) is 9.59 Å². The first-order valence-electron chi connectivity index (χ1n) is 7.14. The summed E-state index contributed by atoms with van der Waals surface area (Å²) in [5.41, 5.74) is 1.78. The lowest BCUT2D eigenvalue weighted by atomic mass is 10.2. The Morgan fingerprint density at radius 2 is 1.38 bits per heavy atom. The first-order chi connectivity index (χ1) is 11.6. The molecule has 120 valence electrons. The quantitative estimate of drug-likeness (QED) is 0.692. The predicted molar refractivity (Wildman–Crippen MR) is 95.2 cm³/mol. The number of nitrogens with one attached hydrogen (secondary N) is 2. The number of furan rings is 1. The minimum absolute atomic E-state index is 0.221.